The van der Waals surface area contributed by atoms with Gasteiger partial charge in [0, 0.05) is 11.4 Å². The number of amides is 2. The summed E-state index contributed by atoms with van der Waals surface area (Å²) in [7, 11) is 0. The summed E-state index contributed by atoms with van der Waals surface area (Å²) in [5.74, 6) is -0.653. The summed E-state index contributed by atoms with van der Waals surface area (Å²) in [6.07, 6.45) is -0.0615. The smallest absolute Gasteiger partial charge is 0.239 e. The van der Waals surface area contributed by atoms with Crippen molar-refractivity contribution >= 4 is 45.7 Å². The molecular weight excluding hydrogens is 439 g/mol. The normalized spacial score (nSPS) is 11.9. The van der Waals surface area contributed by atoms with Crippen LogP contribution in [0.3, 0.4) is 0 Å². The first-order valence-corrected chi connectivity index (χ1v) is 11.4. The molecule has 0 unspecified atom stereocenters. The molecule has 2 amide bonds. The maximum absolute atomic E-state index is 13.7. The number of para-hydroxylation sites is 1. The van der Waals surface area contributed by atoms with Gasteiger partial charge in [-0.2, -0.15) is 0 Å². The zero-order chi connectivity index (χ0) is 22.5. The maximum Gasteiger partial charge on any atom is 0.239 e. The molecule has 0 bridgehead atoms. The number of carbonyl (C=O) groups excluding carboxylic acids is 2. The fraction of sp³-hybridized carbons (Fsp3) is 0.350. The topological polar surface area (TPSA) is 102 Å². The Labute approximate surface area is 187 Å². The summed E-state index contributed by atoms with van der Waals surface area (Å²) in [6, 6.07) is 5.96. The van der Waals surface area contributed by atoms with E-state index in [-0.39, 0.29) is 18.0 Å². The van der Waals surface area contributed by atoms with E-state index in [1.165, 1.54) is 35.2 Å². The molecule has 0 spiro atoms. The van der Waals surface area contributed by atoms with Crippen LogP contribution >= 0.6 is 23.1 Å². The molecule has 3 aromatic rings. The Balaban J connectivity index is 1.64. The van der Waals surface area contributed by atoms with E-state index >= 15 is 0 Å². The van der Waals surface area contributed by atoms with Crippen molar-refractivity contribution in [2.24, 2.45) is 0 Å². The lowest BCUT2D eigenvalue weighted by molar-refractivity contribution is -0.116. The van der Waals surface area contributed by atoms with Gasteiger partial charge in [-0.15, -0.1) is 21.5 Å². The first kappa shape index (κ1) is 22.9. The summed E-state index contributed by atoms with van der Waals surface area (Å²) >= 11 is 2.68. The molecule has 0 aliphatic rings. The van der Waals surface area contributed by atoms with Gasteiger partial charge >= 0.3 is 0 Å². The highest BCUT2D eigenvalue weighted by molar-refractivity contribution is 8.00. The van der Waals surface area contributed by atoms with E-state index in [9.17, 15) is 14.0 Å². The number of rotatable bonds is 8. The van der Waals surface area contributed by atoms with Crippen molar-refractivity contribution in [3.8, 4) is 0 Å². The van der Waals surface area contributed by atoms with Crippen molar-refractivity contribution in [2.75, 3.05) is 10.6 Å². The number of halogens is 1. The average molecular weight is 463 g/mol. The Bertz CT molecular complexity index is 1080. The second-order valence-corrected chi connectivity index (χ2v) is 9.27. The van der Waals surface area contributed by atoms with Crippen molar-refractivity contribution in [1.29, 1.82) is 0 Å². The lowest BCUT2D eigenvalue weighted by Crippen LogP contribution is -2.23. The SMILES string of the molecule is CCn1c(CC(=O)Nc2ccccc2F)nnc1S[C@H](C)C(=O)Nc1nc(C)c(C)s1. The first-order chi connectivity index (χ1) is 14.8. The van der Waals surface area contributed by atoms with Crippen molar-refractivity contribution in [2.45, 2.75) is 51.1 Å². The lowest BCUT2D eigenvalue weighted by atomic mass is 10.3. The second kappa shape index (κ2) is 10.0. The molecule has 0 radical (unpaired) electrons. The van der Waals surface area contributed by atoms with Crippen LogP contribution in [-0.4, -0.2) is 36.8 Å². The minimum atomic E-state index is -0.505. The quantitative estimate of drug-likeness (QED) is 0.494. The third kappa shape index (κ3) is 5.67. The molecular formula is C20H23FN6O2S2. The van der Waals surface area contributed by atoms with Crippen LogP contribution < -0.4 is 10.6 Å². The predicted molar refractivity (Wildman–Crippen MR) is 120 cm³/mol. The minimum Gasteiger partial charge on any atom is -0.323 e. The van der Waals surface area contributed by atoms with Crippen LogP contribution in [0.1, 0.15) is 30.2 Å². The summed E-state index contributed by atoms with van der Waals surface area (Å²) in [6.45, 7) is 8.04. The number of carbonyl (C=O) groups is 2. The van der Waals surface area contributed by atoms with E-state index < -0.39 is 17.0 Å². The molecule has 164 valence electrons. The summed E-state index contributed by atoms with van der Waals surface area (Å²) < 4.78 is 15.5. The van der Waals surface area contributed by atoms with Gasteiger partial charge in [0.1, 0.15) is 11.6 Å². The van der Waals surface area contributed by atoms with Gasteiger partial charge in [-0.1, -0.05) is 23.9 Å². The predicted octanol–water partition coefficient (Wildman–Crippen LogP) is 3.81. The van der Waals surface area contributed by atoms with Crippen LogP contribution in [0.5, 0.6) is 0 Å². The van der Waals surface area contributed by atoms with Crippen LogP contribution in [0.15, 0.2) is 29.4 Å². The molecule has 2 N–H and O–H groups in total. The molecule has 0 aliphatic heterocycles. The standard InChI is InChI=1S/C20H23FN6O2S2/c1-5-27-16(10-17(28)23-15-9-7-6-8-14(15)21)25-26-20(27)31-13(4)18(29)24-19-22-11(2)12(3)30-19/h6-9,13H,5,10H2,1-4H3,(H,23,28)(H,22,24,29)/t13-/m1/s1. The van der Waals surface area contributed by atoms with Crippen LogP contribution in [0.2, 0.25) is 0 Å². The zero-order valence-electron chi connectivity index (χ0n) is 17.6. The van der Waals surface area contributed by atoms with Gasteiger partial charge < -0.3 is 15.2 Å². The summed E-state index contributed by atoms with van der Waals surface area (Å²) in [4.78, 5) is 30.3. The zero-order valence-corrected chi connectivity index (χ0v) is 19.2. The van der Waals surface area contributed by atoms with E-state index in [4.69, 9.17) is 0 Å². The Morgan fingerprint density at radius 2 is 1.97 bits per heavy atom. The van der Waals surface area contributed by atoms with Crippen LogP contribution in [0.25, 0.3) is 0 Å². The number of nitrogens with one attached hydrogen (secondary N) is 2. The average Bonchev–Trinajstić information content (AvgIpc) is 3.25. The Kier molecular flexibility index (Phi) is 7.39. The van der Waals surface area contributed by atoms with Crippen molar-refractivity contribution in [3.05, 3.63) is 46.5 Å². The maximum atomic E-state index is 13.7. The molecule has 0 aliphatic carbocycles. The van der Waals surface area contributed by atoms with Gasteiger partial charge in [0.2, 0.25) is 11.8 Å². The fourth-order valence-corrected chi connectivity index (χ4v) is 4.45. The van der Waals surface area contributed by atoms with E-state index in [0.29, 0.717) is 22.7 Å². The fourth-order valence-electron chi connectivity index (χ4n) is 2.70. The third-order valence-electron chi connectivity index (χ3n) is 4.49. The second-order valence-electron chi connectivity index (χ2n) is 6.76. The Morgan fingerprint density at radius 3 is 2.61 bits per heavy atom. The molecule has 8 nitrogen and oxygen atoms in total. The number of nitrogens with zero attached hydrogens (tertiary/aromatic N) is 4. The number of anilines is 2. The van der Waals surface area contributed by atoms with Gasteiger partial charge in [-0.05, 0) is 39.8 Å². The van der Waals surface area contributed by atoms with Crippen molar-refractivity contribution in [3.63, 3.8) is 0 Å². The number of aryl methyl sites for hydroxylation is 2. The Hall–Kier alpha value is -2.79. The number of aromatic nitrogens is 4. The molecule has 0 saturated carbocycles. The van der Waals surface area contributed by atoms with Crippen molar-refractivity contribution in [1.82, 2.24) is 19.7 Å². The lowest BCUT2D eigenvalue weighted by Gasteiger charge is -2.12. The molecule has 2 heterocycles. The van der Waals surface area contributed by atoms with E-state index in [0.717, 1.165) is 10.6 Å². The highest BCUT2D eigenvalue weighted by Gasteiger charge is 2.22. The molecule has 3 rings (SSSR count). The van der Waals surface area contributed by atoms with Gasteiger partial charge in [0.15, 0.2) is 10.3 Å². The largest absolute Gasteiger partial charge is 0.323 e. The molecule has 1 atom stereocenters. The monoisotopic (exact) mass is 462 g/mol. The van der Waals surface area contributed by atoms with Crippen LogP contribution in [0, 0.1) is 19.7 Å². The van der Waals surface area contributed by atoms with Gasteiger partial charge in [-0.3, -0.25) is 9.59 Å². The first-order valence-electron chi connectivity index (χ1n) is 9.66. The van der Waals surface area contributed by atoms with E-state index in [1.54, 1.807) is 23.6 Å². The number of benzene rings is 1. The molecule has 11 heteroatoms. The molecule has 0 saturated heterocycles. The molecule has 0 fully saturated rings. The number of hydrogen-bond acceptors (Lipinski definition) is 7. The highest BCUT2D eigenvalue weighted by Crippen LogP contribution is 2.26. The van der Waals surface area contributed by atoms with Crippen LogP contribution in [0.4, 0.5) is 15.2 Å². The molecule has 31 heavy (non-hydrogen) atoms. The summed E-state index contributed by atoms with van der Waals surface area (Å²) in [5, 5.41) is 14.3. The van der Waals surface area contributed by atoms with E-state index in [1.807, 2.05) is 20.8 Å². The number of thiazole rings is 1. The number of thioether (sulfide) groups is 1. The number of hydrogen-bond donors (Lipinski definition) is 2. The summed E-state index contributed by atoms with van der Waals surface area (Å²) in [5.41, 5.74) is 1.01. The van der Waals surface area contributed by atoms with Crippen molar-refractivity contribution < 1.29 is 14.0 Å². The van der Waals surface area contributed by atoms with Gasteiger partial charge in [-0.25, -0.2) is 9.37 Å². The van der Waals surface area contributed by atoms with E-state index in [2.05, 4.69) is 25.8 Å². The third-order valence-corrected chi connectivity index (χ3v) is 6.56. The highest BCUT2D eigenvalue weighted by atomic mass is 32.2. The molecule has 1 aromatic carbocycles. The Morgan fingerprint density at radius 1 is 1.23 bits per heavy atom. The van der Waals surface area contributed by atoms with Gasteiger partial charge in [0.25, 0.3) is 0 Å². The molecule has 2 aromatic heterocycles. The van der Waals surface area contributed by atoms with Crippen LogP contribution in [-0.2, 0) is 22.6 Å². The van der Waals surface area contributed by atoms with Gasteiger partial charge in [0.05, 0.1) is 23.1 Å². The minimum absolute atomic E-state index is 0.0615.